The first-order chi connectivity index (χ1) is 9.34. The second-order valence-electron chi connectivity index (χ2n) is 4.23. The minimum absolute atomic E-state index is 0.243. The van der Waals surface area contributed by atoms with Gasteiger partial charge in [-0.15, -0.1) is 0 Å². The smallest absolute Gasteiger partial charge is 0.123 e. The zero-order chi connectivity index (χ0) is 13.1. The standard InChI is InChI=1S/C16H12N2O/c19-16-7-6-13(12-4-2-1-3-5-12)10-15(16)14-8-9-17-18-11-14/h1-11,19H. The number of phenolic OH excluding ortho intramolecular Hbond substituents is 1. The fourth-order valence-electron chi connectivity index (χ4n) is 2.03. The second-order valence-corrected chi connectivity index (χ2v) is 4.23. The van der Waals surface area contributed by atoms with E-state index in [2.05, 4.69) is 10.2 Å². The summed E-state index contributed by atoms with van der Waals surface area (Å²) in [5.41, 5.74) is 3.79. The molecule has 1 N–H and O–H groups in total. The zero-order valence-corrected chi connectivity index (χ0v) is 10.2. The molecule has 3 aromatic rings. The van der Waals surface area contributed by atoms with Gasteiger partial charge in [0.25, 0.3) is 0 Å². The van der Waals surface area contributed by atoms with E-state index in [0.717, 1.165) is 22.3 Å². The van der Waals surface area contributed by atoms with E-state index >= 15 is 0 Å². The van der Waals surface area contributed by atoms with Crippen molar-refractivity contribution in [2.75, 3.05) is 0 Å². The quantitative estimate of drug-likeness (QED) is 0.754. The number of hydrogen-bond donors (Lipinski definition) is 1. The predicted octanol–water partition coefficient (Wildman–Crippen LogP) is 3.52. The van der Waals surface area contributed by atoms with E-state index in [-0.39, 0.29) is 5.75 Å². The molecule has 0 aliphatic carbocycles. The summed E-state index contributed by atoms with van der Waals surface area (Å²) in [5, 5.41) is 17.6. The lowest BCUT2D eigenvalue weighted by molar-refractivity contribution is 0.477. The Morgan fingerprint density at radius 3 is 2.32 bits per heavy atom. The van der Waals surface area contributed by atoms with Gasteiger partial charge in [-0.2, -0.15) is 10.2 Å². The maximum Gasteiger partial charge on any atom is 0.123 e. The SMILES string of the molecule is Oc1ccc(-c2ccccc2)cc1-c1ccnnc1. The van der Waals surface area contributed by atoms with Crippen molar-refractivity contribution in [1.29, 1.82) is 0 Å². The van der Waals surface area contributed by atoms with Crippen molar-refractivity contribution in [2.45, 2.75) is 0 Å². The maximum absolute atomic E-state index is 9.99. The Kier molecular flexibility index (Phi) is 2.94. The Hall–Kier alpha value is -2.68. The van der Waals surface area contributed by atoms with Crippen LogP contribution >= 0.6 is 0 Å². The van der Waals surface area contributed by atoms with Crippen LogP contribution in [0.4, 0.5) is 0 Å². The highest BCUT2D eigenvalue weighted by molar-refractivity contribution is 5.76. The van der Waals surface area contributed by atoms with Gasteiger partial charge in [-0.3, -0.25) is 0 Å². The van der Waals surface area contributed by atoms with Gasteiger partial charge in [-0.25, -0.2) is 0 Å². The summed E-state index contributed by atoms with van der Waals surface area (Å²) in [6, 6.07) is 17.5. The summed E-state index contributed by atoms with van der Waals surface area (Å²) in [4.78, 5) is 0. The lowest BCUT2D eigenvalue weighted by Crippen LogP contribution is -1.85. The molecule has 0 aliphatic rings. The topological polar surface area (TPSA) is 46.0 Å². The van der Waals surface area contributed by atoms with Crippen LogP contribution in [-0.2, 0) is 0 Å². The van der Waals surface area contributed by atoms with Crippen LogP contribution in [-0.4, -0.2) is 15.3 Å². The van der Waals surface area contributed by atoms with Crippen molar-refractivity contribution in [3.63, 3.8) is 0 Å². The van der Waals surface area contributed by atoms with Gasteiger partial charge in [-0.05, 0) is 29.3 Å². The third-order valence-electron chi connectivity index (χ3n) is 3.00. The summed E-state index contributed by atoms with van der Waals surface area (Å²) in [7, 11) is 0. The van der Waals surface area contributed by atoms with Crippen LogP contribution in [0.5, 0.6) is 5.75 Å². The summed E-state index contributed by atoms with van der Waals surface area (Å²) < 4.78 is 0. The van der Waals surface area contributed by atoms with E-state index in [9.17, 15) is 5.11 Å². The van der Waals surface area contributed by atoms with Crippen LogP contribution in [0.2, 0.25) is 0 Å². The lowest BCUT2D eigenvalue weighted by atomic mass is 9.99. The average Bonchev–Trinajstić information content (AvgIpc) is 2.49. The third kappa shape index (κ3) is 2.31. The zero-order valence-electron chi connectivity index (χ0n) is 10.2. The molecule has 0 atom stereocenters. The fourth-order valence-corrected chi connectivity index (χ4v) is 2.03. The molecule has 3 heteroatoms. The first kappa shape index (κ1) is 11.4. The Morgan fingerprint density at radius 1 is 0.737 bits per heavy atom. The summed E-state index contributed by atoms with van der Waals surface area (Å²) in [6.07, 6.45) is 3.26. The number of rotatable bonds is 2. The Labute approximate surface area is 111 Å². The van der Waals surface area contributed by atoms with Crippen molar-refractivity contribution in [1.82, 2.24) is 10.2 Å². The number of hydrogen-bond acceptors (Lipinski definition) is 3. The van der Waals surface area contributed by atoms with Gasteiger partial charge >= 0.3 is 0 Å². The lowest BCUT2D eigenvalue weighted by Gasteiger charge is -2.07. The number of aromatic hydroxyl groups is 1. The fraction of sp³-hybridized carbons (Fsp3) is 0. The van der Waals surface area contributed by atoms with Crippen molar-refractivity contribution in [2.24, 2.45) is 0 Å². The Morgan fingerprint density at radius 2 is 1.58 bits per heavy atom. The van der Waals surface area contributed by atoms with Gasteiger partial charge in [0.2, 0.25) is 0 Å². The summed E-state index contributed by atoms with van der Waals surface area (Å²) in [5.74, 6) is 0.243. The molecular formula is C16H12N2O. The monoisotopic (exact) mass is 248 g/mol. The molecule has 3 rings (SSSR count). The molecule has 0 saturated carbocycles. The van der Waals surface area contributed by atoms with Gasteiger partial charge in [0.1, 0.15) is 5.75 Å². The average molecular weight is 248 g/mol. The highest BCUT2D eigenvalue weighted by Gasteiger charge is 2.06. The molecule has 0 aliphatic heterocycles. The van der Waals surface area contributed by atoms with Crippen LogP contribution in [0, 0.1) is 0 Å². The van der Waals surface area contributed by atoms with E-state index in [1.807, 2.05) is 48.5 Å². The number of aromatic nitrogens is 2. The number of benzene rings is 2. The molecule has 0 unspecified atom stereocenters. The van der Waals surface area contributed by atoms with Crippen molar-refractivity contribution >= 4 is 0 Å². The van der Waals surface area contributed by atoms with Gasteiger partial charge in [0, 0.05) is 11.1 Å². The van der Waals surface area contributed by atoms with E-state index in [1.165, 1.54) is 0 Å². The van der Waals surface area contributed by atoms with Gasteiger partial charge in [0.05, 0.1) is 12.4 Å². The van der Waals surface area contributed by atoms with Gasteiger partial charge in [-0.1, -0.05) is 36.4 Å². The van der Waals surface area contributed by atoms with Crippen molar-refractivity contribution in [3.05, 3.63) is 67.0 Å². The Bertz CT molecular complexity index is 682. The normalized spacial score (nSPS) is 10.3. The summed E-state index contributed by atoms with van der Waals surface area (Å²) in [6.45, 7) is 0. The minimum atomic E-state index is 0.243. The molecule has 0 fully saturated rings. The van der Waals surface area contributed by atoms with E-state index in [1.54, 1.807) is 18.5 Å². The molecule has 1 heterocycles. The van der Waals surface area contributed by atoms with Crippen LogP contribution in [0.25, 0.3) is 22.3 Å². The molecule has 19 heavy (non-hydrogen) atoms. The first-order valence-corrected chi connectivity index (χ1v) is 6.00. The molecule has 0 radical (unpaired) electrons. The van der Waals surface area contributed by atoms with E-state index in [4.69, 9.17) is 0 Å². The van der Waals surface area contributed by atoms with Crippen LogP contribution in [0.1, 0.15) is 0 Å². The van der Waals surface area contributed by atoms with E-state index < -0.39 is 0 Å². The molecule has 2 aromatic carbocycles. The Balaban J connectivity index is 2.12. The van der Waals surface area contributed by atoms with Crippen LogP contribution < -0.4 is 0 Å². The largest absolute Gasteiger partial charge is 0.507 e. The van der Waals surface area contributed by atoms with Crippen molar-refractivity contribution < 1.29 is 5.11 Å². The van der Waals surface area contributed by atoms with E-state index in [0.29, 0.717) is 0 Å². The molecule has 0 saturated heterocycles. The second kappa shape index (κ2) is 4.90. The highest BCUT2D eigenvalue weighted by Crippen LogP contribution is 2.32. The maximum atomic E-state index is 9.99. The molecule has 1 aromatic heterocycles. The number of phenols is 1. The summed E-state index contributed by atoms with van der Waals surface area (Å²) >= 11 is 0. The van der Waals surface area contributed by atoms with Crippen LogP contribution in [0.3, 0.4) is 0 Å². The van der Waals surface area contributed by atoms with Crippen LogP contribution in [0.15, 0.2) is 67.0 Å². The van der Waals surface area contributed by atoms with Gasteiger partial charge < -0.3 is 5.11 Å². The molecule has 0 spiro atoms. The molecule has 3 nitrogen and oxygen atoms in total. The van der Waals surface area contributed by atoms with Crippen molar-refractivity contribution in [3.8, 4) is 28.0 Å². The third-order valence-corrected chi connectivity index (χ3v) is 3.00. The highest BCUT2D eigenvalue weighted by atomic mass is 16.3. The molecule has 0 bridgehead atoms. The molecule has 0 amide bonds. The number of nitrogens with zero attached hydrogens (tertiary/aromatic N) is 2. The van der Waals surface area contributed by atoms with Gasteiger partial charge in [0.15, 0.2) is 0 Å². The first-order valence-electron chi connectivity index (χ1n) is 6.00. The molecular weight excluding hydrogens is 236 g/mol. The molecule has 92 valence electrons. The minimum Gasteiger partial charge on any atom is -0.507 e. The predicted molar refractivity (Wildman–Crippen MR) is 74.6 cm³/mol.